The molecule has 0 aliphatic heterocycles. The minimum Gasteiger partial charge on any atom is -0.354 e. The van der Waals surface area contributed by atoms with E-state index in [1.807, 2.05) is 24.3 Å². The highest BCUT2D eigenvalue weighted by Crippen LogP contribution is 2.20. The molecule has 5 heteroatoms. The Morgan fingerprint density at radius 2 is 1.82 bits per heavy atom. The first-order valence-corrected chi connectivity index (χ1v) is 8.40. The van der Waals surface area contributed by atoms with Gasteiger partial charge in [0.15, 0.2) is 0 Å². The highest BCUT2D eigenvalue weighted by atomic mass is 79.9. The average molecular weight is 369 g/mol. The van der Waals surface area contributed by atoms with E-state index in [9.17, 15) is 9.59 Å². The van der Waals surface area contributed by atoms with E-state index in [2.05, 4.69) is 40.4 Å². The van der Waals surface area contributed by atoms with Crippen molar-refractivity contribution < 1.29 is 9.59 Å². The number of amides is 2. The van der Waals surface area contributed by atoms with Crippen molar-refractivity contribution in [3.05, 3.63) is 29.8 Å². The van der Waals surface area contributed by atoms with Crippen LogP contribution in [0.1, 0.15) is 52.0 Å². The predicted octanol–water partition coefficient (Wildman–Crippen LogP) is 3.82. The molecule has 22 heavy (non-hydrogen) atoms. The summed E-state index contributed by atoms with van der Waals surface area (Å²) in [5.41, 5.74) is 2.05. The highest BCUT2D eigenvalue weighted by molar-refractivity contribution is 9.10. The van der Waals surface area contributed by atoms with Gasteiger partial charge in [-0.15, -0.1) is 0 Å². The molecular weight excluding hydrogens is 344 g/mol. The first kappa shape index (κ1) is 18.7. The molecule has 2 amide bonds. The average Bonchev–Trinajstić information content (AvgIpc) is 2.46. The summed E-state index contributed by atoms with van der Waals surface area (Å²) in [5.74, 6) is 0.287. The van der Waals surface area contributed by atoms with Crippen LogP contribution in [0.2, 0.25) is 0 Å². The number of alkyl halides is 1. The number of rotatable bonds is 7. The van der Waals surface area contributed by atoms with Gasteiger partial charge in [-0.05, 0) is 43.9 Å². The molecule has 2 N–H and O–H groups in total. The van der Waals surface area contributed by atoms with Crippen molar-refractivity contribution in [1.29, 1.82) is 0 Å². The van der Waals surface area contributed by atoms with Gasteiger partial charge in [0, 0.05) is 18.7 Å². The Kier molecular flexibility index (Phi) is 7.07. The summed E-state index contributed by atoms with van der Waals surface area (Å²) in [6.07, 6.45) is 1.34. The van der Waals surface area contributed by atoms with Gasteiger partial charge < -0.3 is 10.6 Å². The molecule has 0 bridgehead atoms. The molecule has 4 nitrogen and oxygen atoms in total. The Morgan fingerprint density at radius 1 is 1.23 bits per heavy atom. The molecule has 0 aliphatic carbocycles. The first-order chi connectivity index (χ1) is 10.2. The quantitative estimate of drug-likeness (QED) is 0.718. The van der Waals surface area contributed by atoms with Gasteiger partial charge >= 0.3 is 0 Å². The van der Waals surface area contributed by atoms with E-state index in [1.165, 1.54) is 5.56 Å². The van der Waals surface area contributed by atoms with E-state index >= 15 is 0 Å². The number of hydrogen-bond acceptors (Lipinski definition) is 2. The molecule has 0 radical (unpaired) electrons. The lowest BCUT2D eigenvalue weighted by molar-refractivity contribution is -0.122. The molecular formula is C17H25BrN2O2. The zero-order valence-corrected chi connectivity index (χ0v) is 15.3. The van der Waals surface area contributed by atoms with Gasteiger partial charge in [0.25, 0.3) is 0 Å². The minimum absolute atomic E-state index is 0.107. The van der Waals surface area contributed by atoms with Crippen LogP contribution in [-0.2, 0) is 9.59 Å². The van der Waals surface area contributed by atoms with E-state index in [1.54, 1.807) is 13.8 Å². The van der Waals surface area contributed by atoms with Crippen LogP contribution in [0.5, 0.6) is 0 Å². The van der Waals surface area contributed by atoms with Crippen LogP contribution in [0.4, 0.5) is 5.69 Å². The smallest absolute Gasteiger partial charge is 0.236 e. The standard InChI is InChI=1S/C17H25BrN2O2/c1-5-12(2)13-6-8-14(9-7-13)20-15(21)10-11-19-16(22)17(3,4)18/h6-9,12H,5,10-11H2,1-4H3,(H,19,22)(H,20,21)/t12-/m1/s1. The molecule has 0 spiro atoms. The summed E-state index contributed by atoms with van der Waals surface area (Å²) in [6.45, 7) is 8.19. The van der Waals surface area contributed by atoms with E-state index < -0.39 is 4.32 Å². The van der Waals surface area contributed by atoms with Gasteiger partial charge in [-0.1, -0.05) is 41.9 Å². The highest BCUT2D eigenvalue weighted by Gasteiger charge is 2.22. The number of halogens is 1. The largest absolute Gasteiger partial charge is 0.354 e. The zero-order chi connectivity index (χ0) is 16.8. The Hall–Kier alpha value is -1.36. The number of nitrogens with one attached hydrogen (secondary N) is 2. The fraction of sp³-hybridized carbons (Fsp3) is 0.529. The second-order valence-electron chi connectivity index (χ2n) is 5.96. The summed E-state index contributed by atoms with van der Waals surface area (Å²) >= 11 is 3.28. The molecule has 0 aliphatic rings. The summed E-state index contributed by atoms with van der Waals surface area (Å²) in [4.78, 5) is 23.5. The number of anilines is 1. The predicted molar refractivity (Wildman–Crippen MR) is 94.4 cm³/mol. The Bertz CT molecular complexity index is 506. The Labute approximate surface area is 141 Å². The molecule has 0 saturated carbocycles. The summed E-state index contributed by atoms with van der Waals surface area (Å²) in [7, 11) is 0. The molecule has 1 aromatic rings. The molecule has 1 rings (SSSR count). The molecule has 1 atom stereocenters. The monoisotopic (exact) mass is 368 g/mol. The number of carbonyl (C=O) groups is 2. The van der Waals surface area contributed by atoms with Crippen molar-refractivity contribution >= 4 is 33.4 Å². The van der Waals surface area contributed by atoms with Crippen molar-refractivity contribution in [3.8, 4) is 0 Å². The van der Waals surface area contributed by atoms with Crippen LogP contribution in [-0.4, -0.2) is 22.7 Å². The van der Waals surface area contributed by atoms with Crippen molar-refractivity contribution in [1.82, 2.24) is 5.32 Å². The van der Waals surface area contributed by atoms with E-state index in [0.29, 0.717) is 12.5 Å². The van der Waals surface area contributed by atoms with Gasteiger partial charge in [-0.3, -0.25) is 9.59 Å². The van der Waals surface area contributed by atoms with Crippen molar-refractivity contribution in [3.63, 3.8) is 0 Å². The van der Waals surface area contributed by atoms with Crippen LogP contribution in [0, 0.1) is 0 Å². The number of carbonyl (C=O) groups excluding carboxylic acids is 2. The Balaban J connectivity index is 2.41. The Morgan fingerprint density at radius 3 is 2.32 bits per heavy atom. The second-order valence-corrected chi connectivity index (χ2v) is 7.94. The first-order valence-electron chi connectivity index (χ1n) is 7.61. The maximum absolute atomic E-state index is 11.8. The molecule has 0 heterocycles. The molecule has 0 saturated heterocycles. The SMILES string of the molecule is CC[C@@H](C)c1ccc(NC(=O)CCNC(=O)C(C)(C)Br)cc1. The lowest BCUT2D eigenvalue weighted by Gasteiger charge is -2.15. The third kappa shape index (κ3) is 6.18. The van der Waals surface area contributed by atoms with Crippen molar-refractivity contribution in [2.75, 3.05) is 11.9 Å². The van der Waals surface area contributed by atoms with E-state index in [0.717, 1.165) is 12.1 Å². The third-order valence-electron chi connectivity index (χ3n) is 3.55. The van der Waals surface area contributed by atoms with Gasteiger partial charge in [-0.2, -0.15) is 0 Å². The fourth-order valence-corrected chi connectivity index (χ4v) is 1.99. The van der Waals surface area contributed by atoms with Crippen molar-refractivity contribution in [2.45, 2.75) is 50.8 Å². The molecule has 0 aromatic heterocycles. The van der Waals surface area contributed by atoms with E-state index in [-0.39, 0.29) is 18.2 Å². The van der Waals surface area contributed by atoms with Gasteiger partial charge in [0.2, 0.25) is 11.8 Å². The summed E-state index contributed by atoms with van der Waals surface area (Å²) < 4.78 is -0.616. The van der Waals surface area contributed by atoms with Crippen molar-refractivity contribution in [2.24, 2.45) is 0 Å². The number of benzene rings is 1. The number of hydrogen-bond donors (Lipinski definition) is 2. The van der Waals surface area contributed by atoms with Gasteiger partial charge in [-0.25, -0.2) is 0 Å². The zero-order valence-electron chi connectivity index (χ0n) is 13.7. The molecule has 0 fully saturated rings. The second kappa shape index (κ2) is 8.32. The van der Waals surface area contributed by atoms with Crippen LogP contribution in [0.3, 0.4) is 0 Å². The van der Waals surface area contributed by atoms with Crippen LogP contribution >= 0.6 is 15.9 Å². The summed E-state index contributed by atoms with van der Waals surface area (Å²) in [5, 5.41) is 5.56. The third-order valence-corrected chi connectivity index (χ3v) is 3.91. The van der Waals surface area contributed by atoms with Crippen LogP contribution in [0.15, 0.2) is 24.3 Å². The van der Waals surface area contributed by atoms with Gasteiger partial charge in [0.1, 0.15) is 0 Å². The topological polar surface area (TPSA) is 58.2 Å². The molecule has 0 unspecified atom stereocenters. The molecule has 1 aromatic carbocycles. The van der Waals surface area contributed by atoms with Crippen LogP contribution in [0.25, 0.3) is 0 Å². The van der Waals surface area contributed by atoms with Crippen LogP contribution < -0.4 is 10.6 Å². The lowest BCUT2D eigenvalue weighted by atomic mass is 9.99. The van der Waals surface area contributed by atoms with Gasteiger partial charge in [0.05, 0.1) is 4.32 Å². The summed E-state index contributed by atoms with van der Waals surface area (Å²) in [6, 6.07) is 7.91. The minimum atomic E-state index is -0.616. The fourth-order valence-electron chi connectivity index (χ4n) is 1.85. The maximum Gasteiger partial charge on any atom is 0.236 e. The normalized spacial score (nSPS) is 12.6. The maximum atomic E-state index is 11.8. The lowest BCUT2D eigenvalue weighted by Crippen LogP contribution is -2.38. The molecule has 122 valence electrons. The van der Waals surface area contributed by atoms with E-state index in [4.69, 9.17) is 0 Å².